The summed E-state index contributed by atoms with van der Waals surface area (Å²) >= 11 is 0. The first kappa shape index (κ1) is 13.9. The number of carbonyl (C=O) groups excluding carboxylic acids is 1. The van der Waals surface area contributed by atoms with Crippen LogP contribution in [0.2, 0.25) is 0 Å². The Morgan fingerprint density at radius 1 is 1.35 bits per heavy atom. The van der Waals surface area contributed by atoms with Gasteiger partial charge in [0.1, 0.15) is 5.69 Å². The second kappa shape index (κ2) is 5.64. The predicted molar refractivity (Wildman–Crippen MR) is 72.2 cm³/mol. The summed E-state index contributed by atoms with van der Waals surface area (Å²) in [5.41, 5.74) is 7.13. The summed E-state index contributed by atoms with van der Waals surface area (Å²) in [6.07, 6.45) is 1.61. The second-order valence-corrected chi connectivity index (χ2v) is 4.25. The Morgan fingerprint density at radius 3 is 2.70 bits per heavy atom. The van der Waals surface area contributed by atoms with Crippen LogP contribution in [0, 0.1) is 5.82 Å². The number of nitrogens with zero attached hydrogens (tertiary/aromatic N) is 1. The van der Waals surface area contributed by atoms with E-state index in [-0.39, 0.29) is 5.75 Å². The van der Waals surface area contributed by atoms with Crippen LogP contribution in [0.5, 0.6) is 5.75 Å². The number of carbonyl (C=O) groups is 1. The lowest BCUT2D eigenvalue weighted by atomic mass is 10.2. The first-order chi connectivity index (χ1) is 9.55. The third-order valence-corrected chi connectivity index (χ3v) is 2.88. The molecule has 1 aromatic heterocycles. The molecule has 1 aromatic carbocycles. The summed E-state index contributed by atoms with van der Waals surface area (Å²) in [5.74, 6) is -0.769. The minimum atomic E-state index is -0.490. The van der Waals surface area contributed by atoms with Crippen LogP contribution in [-0.2, 0) is 11.3 Å². The molecule has 0 saturated carbocycles. The highest BCUT2D eigenvalue weighted by Crippen LogP contribution is 2.20. The zero-order chi connectivity index (χ0) is 14.7. The fourth-order valence-electron chi connectivity index (χ4n) is 1.94. The van der Waals surface area contributed by atoms with E-state index in [1.807, 2.05) is 0 Å². The third-order valence-electron chi connectivity index (χ3n) is 2.88. The minimum Gasteiger partial charge on any atom is -0.494 e. The highest BCUT2D eigenvalue weighted by Gasteiger charge is 2.14. The molecule has 5 nitrogen and oxygen atoms in total. The lowest BCUT2D eigenvalue weighted by Gasteiger charge is -2.09. The lowest BCUT2D eigenvalue weighted by Crippen LogP contribution is -2.10. The number of benzene rings is 1. The number of anilines is 1. The van der Waals surface area contributed by atoms with Crippen LogP contribution in [0.3, 0.4) is 0 Å². The van der Waals surface area contributed by atoms with Gasteiger partial charge in [0.05, 0.1) is 19.9 Å². The molecule has 0 aliphatic rings. The fourth-order valence-corrected chi connectivity index (χ4v) is 1.94. The standard InChI is InChI=1S/C14H15FN2O3/c1-19-13-4-3-9(5-11(13)15)7-17-8-10(16)6-12(17)14(18)20-2/h3-6,8H,7,16H2,1-2H3. The topological polar surface area (TPSA) is 66.5 Å². The van der Waals surface area contributed by atoms with Crippen molar-refractivity contribution in [3.8, 4) is 5.75 Å². The molecule has 0 saturated heterocycles. The van der Waals surface area contributed by atoms with Gasteiger partial charge >= 0.3 is 5.97 Å². The molecule has 20 heavy (non-hydrogen) atoms. The van der Waals surface area contributed by atoms with Gasteiger partial charge in [-0.3, -0.25) is 0 Å². The van der Waals surface area contributed by atoms with Gasteiger partial charge in [0.25, 0.3) is 0 Å². The van der Waals surface area contributed by atoms with Gasteiger partial charge in [-0.15, -0.1) is 0 Å². The molecule has 0 aliphatic carbocycles. The van der Waals surface area contributed by atoms with Crippen molar-refractivity contribution < 1.29 is 18.7 Å². The molecule has 6 heteroatoms. The van der Waals surface area contributed by atoms with Gasteiger partial charge in [-0.1, -0.05) is 6.07 Å². The SMILES string of the molecule is COC(=O)c1cc(N)cn1Cc1ccc(OC)c(F)c1. The Balaban J connectivity index is 2.30. The van der Waals surface area contributed by atoms with Crippen molar-refractivity contribution in [2.24, 2.45) is 0 Å². The number of ether oxygens (including phenoxy) is 2. The third kappa shape index (κ3) is 2.74. The first-order valence-corrected chi connectivity index (χ1v) is 5.91. The van der Waals surface area contributed by atoms with Crippen LogP contribution in [0.1, 0.15) is 16.1 Å². The van der Waals surface area contributed by atoms with Gasteiger partial charge in [-0.25, -0.2) is 9.18 Å². The highest BCUT2D eigenvalue weighted by atomic mass is 19.1. The summed E-state index contributed by atoms with van der Waals surface area (Å²) in [7, 11) is 2.70. The Hall–Kier alpha value is -2.50. The van der Waals surface area contributed by atoms with Crippen LogP contribution in [-0.4, -0.2) is 24.8 Å². The van der Waals surface area contributed by atoms with E-state index in [2.05, 4.69) is 4.74 Å². The summed E-state index contributed by atoms with van der Waals surface area (Å²) in [5, 5.41) is 0. The zero-order valence-electron chi connectivity index (χ0n) is 11.2. The van der Waals surface area contributed by atoms with Crippen molar-refractivity contribution in [1.82, 2.24) is 4.57 Å². The number of esters is 1. The van der Waals surface area contributed by atoms with Gasteiger partial charge in [0, 0.05) is 12.7 Å². The van der Waals surface area contributed by atoms with Gasteiger partial charge in [0.2, 0.25) is 0 Å². The van der Waals surface area contributed by atoms with Crippen molar-refractivity contribution in [2.75, 3.05) is 20.0 Å². The van der Waals surface area contributed by atoms with Gasteiger partial charge in [-0.2, -0.15) is 0 Å². The molecule has 1 heterocycles. The van der Waals surface area contributed by atoms with Crippen LogP contribution < -0.4 is 10.5 Å². The molecule has 2 rings (SSSR count). The Kier molecular flexibility index (Phi) is 3.93. The van der Waals surface area contributed by atoms with E-state index in [1.165, 1.54) is 32.4 Å². The van der Waals surface area contributed by atoms with E-state index in [9.17, 15) is 9.18 Å². The number of methoxy groups -OCH3 is 2. The van der Waals surface area contributed by atoms with Crippen molar-refractivity contribution in [1.29, 1.82) is 0 Å². The Morgan fingerprint density at radius 2 is 2.10 bits per heavy atom. The minimum absolute atomic E-state index is 0.175. The molecule has 0 amide bonds. The molecule has 0 bridgehead atoms. The highest BCUT2D eigenvalue weighted by molar-refractivity contribution is 5.89. The zero-order valence-corrected chi connectivity index (χ0v) is 11.2. The number of halogens is 1. The van der Waals surface area contributed by atoms with Gasteiger partial charge in [-0.05, 0) is 23.8 Å². The molecule has 106 valence electrons. The molecule has 0 unspecified atom stereocenters. The van der Waals surface area contributed by atoms with Gasteiger partial charge in [0.15, 0.2) is 11.6 Å². The lowest BCUT2D eigenvalue weighted by molar-refractivity contribution is 0.0589. The second-order valence-electron chi connectivity index (χ2n) is 4.25. The number of nitrogens with two attached hydrogens (primary N) is 1. The average Bonchev–Trinajstić information content (AvgIpc) is 2.79. The number of nitrogen functional groups attached to an aromatic ring is 1. The molecular formula is C14H15FN2O3. The summed E-state index contributed by atoms with van der Waals surface area (Å²) < 4.78 is 24.8. The van der Waals surface area contributed by atoms with E-state index in [1.54, 1.807) is 16.8 Å². The molecule has 0 fully saturated rings. The molecule has 0 atom stereocenters. The maximum absolute atomic E-state index is 13.6. The molecule has 0 spiro atoms. The van der Waals surface area contributed by atoms with Crippen LogP contribution in [0.25, 0.3) is 0 Å². The monoisotopic (exact) mass is 278 g/mol. The number of hydrogen-bond donors (Lipinski definition) is 1. The maximum Gasteiger partial charge on any atom is 0.354 e. The van der Waals surface area contributed by atoms with E-state index in [0.717, 1.165) is 0 Å². The fraction of sp³-hybridized carbons (Fsp3) is 0.214. The molecule has 0 aliphatic heterocycles. The molecule has 2 N–H and O–H groups in total. The van der Waals surface area contributed by atoms with Crippen LogP contribution in [0.15, 0.2) is 30.5 Å². The first-order valence-electron chi connectivity index (χ1n) is 5.91. The van der Waals surface area contributed by atoms with Gasteiger partial charge < -0.3 is 19.8 Å². The number of hydrogen-bond acceptors (Lipinski definition) is 4. The molecule has 0 radical (unpaired) electrons. The Bertz CT molecular complexity index is 637. The van der Waals surface area contributed by atoms with Crippen molar-refractivity contribution in [3.63, 3.8) is 0 Å². The number of rotatable bonds is 4. The van der Waals surface area contributed by atoms with Crippen molar-refractivity contribution in [3.05, 3.63) is 47.5 Å². The number of aromatic nitrogens is 1. The molecule has 2 aromatic rings. The van der Waals surface area contributed by atoms with Crippen molar-refractivity contribution >= 4 is 11.7 Å². The largest absolute Gasteiger partial charge is 0.494 e. The average molecular weight is 278 g/mol. The summed E-state index contributed by atoms with van der Waals surface area (Å²) in [6.45, 7) is 0.308. The molecular weight excluding hydrogens is 263 g/mol. The normalized spacial score (nSPS) is 10.3. The predicted octanol–water partition coefficient (Wildman–Crippen LogP) is 2.05. The van der Waals surface area contributed by atoms with E-state index in [0.29, 0.717) is 23.5 Å². The van der Waals surface area contributed by atoms with E-state index < -0.39 is 11.8 Å². The Labute approximate surface area is 115 Å². The van der Waals surface area contributed by atoms with Crippen molar-refractivity contribution in [2.45, 2.75) is 6.54 Å². The van der Waals surface area contributed by atoms with E-state index in [4.69, 9.17) is 10.5 Å². The quantitative estimate of drug-likeness (QED) is 0.869. The smallest absolute Gasteiger partial charge is 0.354 e. The van der Waals surface area contributed by atoms with E-state index >= 15 is 0 Å². The van der Waals surface area contributed by atoms with Crippen LogP contribution in [0.4, 0.5) is 10.1 Å². The van der Waals surface area contributed by atoms with Crippen LogP contribution >= 0.6 is 0 Å². The maximum atomic E-state index is 13.6. The summed E-state index contributed by atoms with van der Waals surface area (Å²) in [4.78, 5) is 11.6. The summed E-state index contributed by atoms with van der Waals surface area (Å²) in [6, 6.07) is 6.14.